The zero-order chi connectivity index (χ0) is 14.0. The number of halogens is 1. The first-order valence-corrected chi connectivity index (χ1v) is 6.39. The van der Waals surface area contributed by atoms with Crippen LogP contribution >= 0.6 is 12.4 Å². The van der Waals surface area contributed by atoms with Crippen LogP contribution < -0.4 is 16.6 Å². The van der Waals surface area contributed by atoms with Gasteiger partial charge in [0.2, 0.25) is 0 Å². The number of rotatable bonds is 5. The molecule has 0 amide bonds. The van der Waals surface area contributed by atoms with Crippen molar-refractivity contribution >= 4 is 23.6 Å². The Morgan fingerprint density at radius 1 is 1.20 bits per heavy atom. The molecule has 0 unspecified atom stereocenters. The van der Waals surface area contributed by atoms with Crippen LogP contribution in [0.3, 0.4) is 0 Å². The molecule has 2 rings (SSSR count). The highest BCUT2D eigenvalue weighted by Crippen LogP contribution is 2.04. The van der Waals surface area contributed by atoms with Gasteiger partial charge in [-0.15, -0.1) is 12.4 Å². The predicted molar refractivity (Wildman–Crippen MR) is 80.6 cm³/mol. The molecule has 0 atom stereocenters. The van der Waals surface area contributed by atoms with Gasteiger partial charge in [-0.05, 0) is 13.0 Å². The third-order valence-corrected chi connectivity index (χ3v) is 3.17. The Labute approximate surface area is 122 Å². The van der Waals surface area contributed by atoms with E-state index in [1.54, 1.807) is 17.9 Å². The van der Waals surface area contributed by atoms with Crippen LogP contribution in [-0.4, -0.2) is 31.8 Å². The van der Waals surface area contributed by atoms with Crippen LogP contribution in [0.25, 0.3) is 11.2 Å². The van der Waals surface area contributed by atoms with Crippen molar-refractivity contribution in [1.29, 1.82) is 0 Å². The van der Waals surface area contributed by atoms with Gasteiger partial charge in [0.25, 0.3) is 5.56 Å². The molecule has 20 heavy (non-hydrogen) atoms. The average Bonchev–Trinajstić information content (AvgIpc) is 2.83. The minimum Gasteiger partial charge on any atom is -0.323 e. The Bertz CT molecular complexity index is 700. The molecule has 1 N–H and O–H groups in total. The molecule has 0 saturated carbocycles. The largest absolute Gasteiger partial charge is 0.332 e. The standard InChI is InChI=1S/C12H19N5O2.ClH/c1-4-5-13-6-7-17-8-14-10-9(17)11(18)16(3)12(19)15(10)2;/h8,13H,4-7H2,1-3H3;1H. The van der Waals surface area contributed by atoms with E-state index in [1.807, 2.05) is 0 Å². The van der Waals surface area contributed by atoms with Crippen LogP contribution in [0.1, 0.15) is 13.3 Å². The van der Waals surface area contributed by atoms with Gasteiger partial charge in [-0.25, -0.2) is 9.78 Å². The normalized spacial score (nSPS) is 10.8. The fourth-order valence-corrected chi connectivity index (χ4v) is 2.07. The molecule has 0 fully saturated rings. The molecule has 2 aromatic heterocycles. The van der Waals surface area contributed by atoms with Crippen molar-refractivity contribution in [3.63, 3.8) is 0 Å². The molecular formula is C12H20ClN5O2. The number of hydrogen-bond donors (Lipinski definition) is 1. The van der Waals surface area contributed by atoms with E-state index in [0.29, 0.717) is 17.7 Å². The lowest BCUT2D eigenvalue weighted by atomic mass is 10.4. The first kappa shape index (κ1) is 16.5. The lowest BCUT2D eigenvalue weighted by Crippen LogP contribution is -2.37. The summed E-state index contributed by atoms with van der Waals surface area (Å²) < 4.78 is 4.30. The summed E-state index contributed by atoms with van der Waals surface area (Å²) in [5.74, 6) is 0. The molecular weight excluding hydrogens is 282 g/mol. The van der Waals surface area contributed by atoms with E-state index >= 15 is 0 Å². The summed E-state index contributed by atoms with van der Waals surface area (Å²) in [4.78, 5) is 28.1. The van der Waals surface area contributed by atoms with Gasteiger partial charge in [0.15, 0.2) is 11.2 Å². The molecule has 0 aliphatic carbocycles. The van der Waals surface area contributed by atoms with Crippen molar-refractivity contribution in [3.05, 3.63) is 27.2 Å². The van der Waals surface area contributed by atoms with Crippen molar-refractivity contribution in [3.8, 4) is 0 Å². The fraction of sp³-hybridized carbons (Fsp3) is 0.583. The van der Waals surface area contributed by atoms with Gasteiger partial charge in [-0.2, -0.15) is 0 Å². The summed E-state index contributed by atoms with van der Waals surface area (Å²) in [6.45, 7) is 4.48. The number of hydrogen-bond acceptors (Lipinski definition) is 4. The molecule has 0 aliphatic heterocycles. The van der Waals surface area contributed by atoms with Crippen LogP contribution in [0.5, 0.6) is 0 Å². The monoisotopic (exact) mass is 301 g/mol. The molecule has 0 aromatic carbocycles. The number of nitrogens with zero attached hydrogens (tertiary/aromatic N) is 4. The summed E-state index contributed by atoms with van der Waals surface area (Å²) in [7, 11) is 3.10. The molecule has 2 heterocycles. The molecule has 0 saturated heterocycles. The lowest BCUT2D eigenvalue weighted by molar-refractivity contribution is 0.599. The van der Waals surface area contributed by atoms with Gasteiger partial charge in [0.05, 0.1) is 6.33 Å². The van der Waals surface area contributed by atoms with Crippen LogP contribution in [-0.2, 0) is 20.6 Å². The van der Waals surface area contributed by atoms with Crippen molar-refractivity contribution in [2.75, 3.05) is 13.1 Å². The van der Waals surface area contributed by atoms with Gasteiger partial charge >= 0.3 is 5.69 Å². The summed E-state index contributed by atoms with van der Waals surface area (Å²) in [6, 6.07) is 0. The van der Waals surface area contributed by atoms with E-state index in [-0.39, 0.29) is 23.7 Å². The molecule has 8 heteroatoms. The van der Waals surface area contributed by atoms with Crippen molar-refractivity contribution < 1.29 is 0 Å². The van der Waals surface area contributed by atoms with Gasteiger partial charge in [0.1, 0.15) is 0 Å². The van der Waals surface area contributed by atoms with E-state index in [4.69, 9.17) is 0 Å². The number of aromatic nitrogens is 4. The van der Waals surface area contributed by atoms with Gasteiger partial charge < -0.3 is 9.88 Å². The minimum atomic E-state index is -0.355. The summed E-state index contributed by atoms with van der Waals surface area (Å²) in [5.41, 5.74) is 0.254. The second kappa shape index (κ2) is 6.71. The first-order chi connectivity index (χ1) is 9.07. The molecule has 0 bridgehead atoms. The number of aryl methyl sites for hydroxylation is 1. The van der Waals surface area contributed by atoms with E-state index < -0.39 is 0 Å². The number of nitrogens with one attached hydrogen (secondary N) is 1. The zero-order valence-electron chi connectivity index (χ0n) is 11.9. The average molecular weight is 302 g/mol. The SMILES string of the molecule is CCCNCCn1cnc2c1c(=O)n(C)c(=O)n2C.Cl. The Morgan fingerprint density at radius 2 is 1.90 bits per heavy atom. The molecule has 2 aromatic rings. The van der Waals surface area contributed by atoms with Crippen LogP contribution in [0.2, 0.25) is 0 Å². The fourth-order valence-electron chi connectivity index (χ4n) is 2.07. The summed E-state index contributed by atoms with van der Waals surface area (Å²) in [6.07, 6.45) is 2.68. The lowest BCUT2D eigenvalue weighted by Gasteiger charge is -2.07. The third kappa shape index (κ3) is 2.78. The Balaban J connectivity index is 0.00000200. The van der Waals surface area contributed by atoms with E-state index in [9.17, 15) is 9.59 Å². The zero-order valence-corrected chi connectivity index (χ0v) is 12.7. The quantitative estimate of drug-likeness (QED) is 0.780. The predicted octanol–water partition coefficient (Wildman–Crippen LogP) is -0.145. The third-order valence-electron chi connectivity index (χ3n) is 3.17. The highest BCUT2D eigenvalue weighted by atomic mass is 35.5. The molecule has 0 aliphatic rings. The Morgan fingerprint density at radius 3 is 2.55 bits per heavy atom. The second-order valence-electron chi connectivity index (χ2n) is 4.57. The molecule has 7 nitrogen and oxygen atoms in total. The van der Waals surface area contributed by atoms with E-state index in [0.717, 1.165) is 24.1 Å². The van der Waals surface area contributed by atoms with Crippen LogP contribution in [0.15, 0.2) is 15.9 Å². The molecule has 0 spiro atoms. The van der Waals surface area contributed by atoms with Crippen molar-refractivity contribution in [1.82, 2.24) is 24.0 Å². The Hall–Kier alpha value is -1.60. The maximum Gasteiger partial charge on any atom is 0.332 e. The van der Waals surface area contributed by atoms with Crippen LogP contribution in [0, 0.1) is 0 Å². The first-order valence-electron chi connectivity index (χ1n) is 6.39. The van der Waals surface area contributed by atoms with Crippen molar-refractivity contribution in [2.24, 2.45) is 14.1 Å². The van der Waals surface area contributed by atoms with Gasteiger partial charge in [-0.3, -0.25) is 13.9 Å². The highest BCUT2D eigenvalue weighted by Gasteiger charge is 2.13. The molecule has 0 radical (unpaired) electrons. The number of imidazole rings is 1. The smallest absolute Gasteiger partial charge is 0.323 e. The minimum absolute atomic E-state index is 0. The summed E-state index contributed by atoms with van der Waals surface area (Å²) >= 11 is 0. The van der Waals surface area contributed by atoms with Crippen LogP contribution in [0.4, 0.5) is 0 Å². The summed E-state index contributed by atoms with van der Waals surface area (Å²) in [5, 5.41) is 3.27. The topological polar surface area (TPSA) is 73.8 Å². The maximum absolute atomic E-state index is 12.1. The second-order valence-corrected chi connectivity index (χ2v) is 4.57. The van der Waals surface area contributed by atoms with Gasteiger partial charge in [-0.1, -0.05) is 6.92 Å². The number of fused-ring (bicyclic) bond motifs is 1. The van der Waals surface area contributed by atoms with E-state index in [1.165, 1.54) is 11.6 Å². The maximum atomic E-state index is 12.1. The molecule has 112 valence electrons. The van der Waals surface area contributed by atoms with Gasteiger partial charge in [0, 0.05) is 27.2 Å². The van der Waals surface area contributed by atoms with E-state index in [2.05, 4.69) is 17.2 Å². The highest BCUT2D eigenvalue weighted by molar-refractivity contribution is 5.85. The van der Waals surface area contributed by atoms with Crippen molar-refractivity contribution in [2.45, 2.75) is 19.9 Å². The Kier molecular flexibility index (Phi) is 5.52.